The van der Waals surface area contributed by atoms with Gasteiger partial charge in [0.25, 0.3) is 0 Å². The lowest BCUT2D eigenvalue weighted by Gasteiger charge is -2.27. The zero-order valence-electron chi connectivity index (χ0n) is 13.6. The number of aromatic nitrogens is 3. The second-order valence-electron chi connectivity index (χ2n) is 7.03. The van der Waals surface area contributed by atoms with Crippen LogP contribution in [-0.2, 0) is 13.0 Å². The minimum Gasteiger partial charge on any atom is -0.314 e. The molecule has 4 nitrogen and oxygen atoms in total. The molecule has 2 aliphatic carbocycles. The predicted octanol–water partition coefficient (Wildman–Crippen LogP) is 3.04. The Kier molecular flexibility index (Phi) is 4.94. The largest absolute Gasteiger partial charge is 0.314 e. The normalized spacial score (nSPS) is 29.1. The van der Waals surface area contributed by atoms with E-state index in [0.29, 0.717) is 6.04 Å². The van der Waals surface area contributed by atoms with Gasteiger partial charge in [-0.05, 0) is 56.4 Å². The van der Waals surface area contributed by atoms with Crippen LogP contribution in [0.15, 0.2) is 6.33 Å². The molecule has 4 atom stereocenters. The van der Waals surface area contributed by atoms with Crippen molar-refractivity contribution >= 4 is 0 Å². The van der Waals surface area contributed by atoms with Gasteiger partial charge in [0, 0.05) is 19.0 Å². The first-order valence-corrected chi connectivity index (χ1v) is 8.90. The van der Waals surface area contributed by atoms with Crippen LogP contribution in [0.2, 0.25) is 0 Å². The summed E-state index contributed by atoms with van der Waals surface area (Å²) in [4.78, 5) is 4.49. The van der Waals surface area contributed by atoms with Gasteiger partial charge < -0.3 is 5.32 Å². The fraction of sp³-hybridized carbons (Fsp3) is 0.882. The highest BCUT2D eigenvalue weighted by atomic mass is 15.3. The van der Waals surface area contributed by atoms with Gasteiger partial charge in [-0.1, -0.05) is 20.3 Å². The molecule has 2 fully saturated rings. The van der Waals surface area contributed by atoms with Gasteiger partial charge in [0.1, 0.15) is 12.2 Å². The first-order chi connectivity index (χ1) is 10.3. The summed E-state index contributed by atoms with van der Waals surface area (Å²) in [6.07, 6.45) is 11.2. The fourth-order valence-electron chi connectivity index (χ4n) is 4.62. The second-order valence-corrected chi connectivity index (χ2v) is 7.03. The van der Waals surface area contributed by atoms with Crippen molar-refractivity contribution in [1.82, 2.24) is 20.1 Å². The van der Waals surface area contributed by atoms with Crippen molar-refractivity contribution in [1.29, 1.82) is 0 Å². The smallest absolute Gasteiger partial charge is 0.138 e. The van der Waals surface area contributed by atoms with Crippen molar-refractivity contribution in [2.45, 2.75) is 71.4 Å². The highest BCUT2D eigenvalue weighted by Gasteiger charge is 2.40. The molecule has 0 aliphatic heterocycles. The van der Waals surface area contributed by atoms with E-state index < -0.39 is 0 Å². The van der Waals surface area contributed by atoms with Crippen molar-refractivity contribution in [3.8, 4) is 0 Å². The van der Waals surface area contributed by atoms with Crippen LogP contribution >= 0.6 is 0 Å². The highest BCUT2D eigenvalue weighted by molar-refractivity contribution is 4.95. The molecule has 118 valence electrons. The molecule has 0 aromatic carbocycles. The van der Waals surface area contributed by atoms with Crippen molar-refractivity contribution in [3.63, 3.8) is 0 Å². The van der Waals surface area contributed by atoms with Gasteiger partial charge in [0.2, 0.25) is 0 Å². The average molecular weight is 290 g/mol. The third kappa shape index (κ3) is 3.47. The van der Waals surface area contributed by atoms with E-state index in [1.54, 1.807) is 6.33 Å². The van der Waals surface area contributed by atoms with Crippen molar-refractivity contribution in [2.75, 3.05) is 6.54 Å². The predicted molar refractivity (Wildman–Crippen MR) is 85.0 cm³/mol. The lowest BCUT2D eigenvalue weighted by Crippen LogP contribution is -2.35. The van der Waals surface area contributed by atoms with Gasteiger partial charge >= 0.3 is 0 Å². The molecule has 0 saturated heterocycles. The summed E-state index contributed by atoms with van der Waals surface area (Å²) in [5.74, 6) is 4.18. The van der Waals surface area contributed by atoms with Crippen LogP contribution in [0.5, 0.6) is 0 Å². The minimum absolute atomic E-state index is 0.569. The SMILES string of the molecule is CCCn1ncnc1CC(CC1CC2CCC1C2)NCC. The lowest BCUT2D eigenvalue weighted by atomic mass is 9.83. The van der Waals surface area contributed by atoms with E-state index in [1.807, 2.05) is 0 Å². The molecule has 4 unspecified atom stereocenters. The maximum absolute atomic E-state index is 4.49. The molecule has 2 bridgehead atoms. The molecule has 1 N–H and O–H groups in total. The molecule has 0 radical (unpaired) electrons. The number of rotatable bonds is 8. The van der Waals surface area contributed by atoms with E-state index >= 15 is 0 Å². The molecule has 2 aliphatic rings. The number of likely N-dealkylation sites (N-methyl/N-ethyl adjacent to an activating group) is 1. The summed E-state index contributed by atoms with van der Waals surface area (Å²) >= 11 is 0. The topological polar surface area (TPSA) is 42.7 Å². The van der Waals surface area contributed by atoms with Gasteiger partial charge in [-0.15, -0.1) is 0 Å². The van der Waals surface area contributed by atoms with Gasteiger partial charge in [-0.3, -0.25) is 4.68 Å². The summed E-state index contributed by atoms with van der Waals surface area (Å²) in [5, 5.41) is 8.06. The maximum atomic E-state index is 4.49. The van der Waals surface area contributed by atoms with E-state index in [4.69, 9.17) is 0 Å². The van der Waals surface area contributed by atoms with E-state index in [9.17, 15) is 0 Å². The Morgan fingerprint density at radius 3 is 2.90 bits per heavy atom. The molecule has 1 aromatic heterocycles. The number of hydrogen-bond acceptors (Lipinski definition) is 3. The molecule has 0 spiro atoms. The molecular formula is C17H30N4. The third-order valence-corrected chi connectivity index (χ3v) is 5.52. The summed E-state index contributed by atoms with van der Waals surface area (Å²) in [6.45, 7) is 6.45. The van der Waals surface area contributed by atoms with Gasteiger partial charge in [-0.2, -0.15) is 5.10 Å². The summed E-state index contributed by atoms with van der Waals surface area (Å²) < 4.78 is 2.09. The Bertz CT molecular complexity index is 442. The van der Waals surface area contributed by atoms with Crippen LogP contribution in [-0.4, -0.2) is 27.4 Å². The Labute approximate surface area is 128 Å². The molecule has 1 aromatic rings. The average Bonchev–Trinajstić information content (AvgIpc) is 3.17. The van der Waals surface area contributed by atoms with Crippen molar-refractivity contribution in [2.24, 2.45) is 17.8 Å². The number of nitrogens with one attached hydrogen (secondary N) is 1. The number of aryl methyl sites for hydroxylation is 1. The molecule has 4 heteroatoms. The molecule has 21 heavy (non-hydrogen) atoms. The Balaban J connectivity index is 1.60. The highest BCUT2D eigenvalue weighted by Crippen LogP contribution is 2.49. The first kappa shape index (κ1) is 15.0. The van der Waals surface area contributed by atoms with Crippen LogP contribution in [0.3, 0.4) is 0 Å². The maximum Gasteiger partial charge on any atom is 0.138 e. The quantitative estimate of drug-likeness (QED) is 0.800. The number of fused-ring (bicyclic) bond motifs is 2. The number of nitrogens with zero attached hydrogens (tertiary/aromatic N) is 3. The standard InChI is InChI=1S/C17H30N4/c1-3-7-21-17(19-12-20-21)11-16(18-4-2)10-15-9-13-5-6-14(15)8-13/h12-16,18H,3-11H2,1-2H3. The molecule has 0 amide bonds. The van der Waals surface area contributed by atoms with E-state index in [1.165, 1.54) is 32.1 Å². The zero-order chi connectivity index (χ0) is 14.7. The van der Waals surface area contributed by atoms with Gasteiger partial charge in [0.15, 0.2) is 0 Å². The fourth-order valence-corrected chi connectivity index (χ4v) is 4.62. The number of hydrogen-bond donors (Lipinski definition) is 1. The second kappa shape index (κ2) is 6.91. The summed E-state index contributed by atoms with van der Waals surface area (Å²) in [5.41, 5.74) is 0. The van der Waals surface area contributed by atoms with Crippen LogP contribution in [0.4, 0.5) is 0 Å². The van der Waals surface area contributed by atoms with Crippen LogP contribution in [0.1, 0.15) is 58.2 Å². The molecular weight excluding hydrogens is 260 g/mol. The Hall–Kier alpha value is -0.900. The van der Waals surface area contributed by atoms with Crippen LogP contribution in [0.25, 0.3) is 0 Å². The first-order valence-electron chi connectivity index (χ1n) is 8.90. The van der Waals surface area contributed by atoms with Crippen LogP contribution in [0, 0.1) is 17.8 Å². The van der Waals surface area contributed by atoms with Crippen molar-refractivity contribution in [3.05, 3.63) is 12.2 Å². The third-order valence-electron chi connectivity index (χ3n) is 5.52. The van der Waals surface area contributed by atoms with E-state index in [2.05, 4.69) is 33.9 Å². The Morgan fingerprint density at radius 1 is 1.33 bits per heavy atom. The lowest BCUT2D eigenvalue weighted by molar-refractivity contribution is 0.275. The molecule has 2 saturated carbocycles. The van der Waals surface area contributed by atoms with E-state index in [0.717, 1.165) is 49.5 Å². The molecule has 1 heterocycles. The summed E-state index contributed by atoms with van der Waals surface area (Å²) in [7, 11) is 0. The Morgan fingerprint density at radius 2 is 2.24 bits per heavy atom. The van der Waals surface area contributed by atoms with Gasteiger partial charge in [0.05, 0.1) is 0 Å². The molecule has 3 rings (SSSR count). The minimum atomic E-state index is 0.569. The monoisotopic (exact) mass is 290 g/mol. The van der Waals surface area contributed by atoms with Gasteiger partial charge in [-0.25, -0.2) is 4.98 Å². The van der Waals surface area contributed by atoms with E-state index in [-0.39, 0.29) is 0 Å². The zero-order valence-corrected chi connectivity index (χ0v) is 13.6. The van der Waals surface area contributed by atoms with Crippen molar-refractivity contribution < 1.29 is 0 Å². The van der Waals surface area contributed by atoms with Crippen LogP contribution < -0.4 is 5.32 Å². The summed E-state index contributed by atoms with van der Waals surface area (Å²) in [6, 6.07) is 0.569.